The molecule has 8 nitrogen and oxygen atoms in total. The molecule has 2 fully saturated rings. The quantitative estimate of drug-likeness (QED) is 0.207. The Balaban J connectivity index is 1.70. The fourth-order valence-corrected chi connectivity index (χ4v) is 4.76. The van der Waals surface area contributed by atoms with Gasteiger partial charge < -0.3 is 24.2 Å². The summed E-state index contributed by atoms with van der Waals surface area (Å²) in [6.07, 6.45) is 2.54. The van der Waals surface area contributed by atoms with E-state index in [-0.39, 0.29) is 11.3 Å². The molecule has 2 heterocycles. The normalized spacial score (nSPS) is 19.5. The predicted molar refractivity (Wildman–Crippen MR) is 145 cm³/mol. The molecule has 1 amide bonds. The number of ketones is 1. The van der Waals surface area contributed by atoms with Gasteiger partial charge in [0.25, 0.3) is 11.7 Å². The third-order valence-electron chi connectivity index (χ3n) is 6.77. The van der Waals surface area contributed by atoms with Crippen LogP contribution in [0.2, 0.25) is 0 Å². The van der Waals surface area contributed by atoms with Crippen LogP contribution in [0, 0.1) is 6.92 Å². The number of amides is 1. The molecule has 1 N–H and O–H groups in total. The fourth-order valence-electron chi connectivity index (χ4n) is 4.76. The summed E-state index contributed by atoms with van der Waals surface area (Å²) in [6.45, 7) is 12.3. The number of rotatable bonds is 11. The van der Waals surface area contributed by atoms with Crippen molar-refractivity contribution < 1.29 is 28.9 Å². The lowest BCUT2D eigenvalue weighted by atomic mass is 9.94. The number of hydrogen-bond acceptors (Lipinski definition) is 7. The molecule has 2 aliphatic heterocycles. The largest absolute Gasteiger partial charge is 0.507 e. The maximum Gasteiger partial charge on any atom is 0.295 e. The number of aliphatic hydroxyl groups is 1. The summed E-state index contributed by atoms with van der Waals surface area (Å²) in [5.74, 6) is -0.126. The van der Waals surface area contributed by atoms with Gasteiger partial charge in [-0.15, -0.1) is 0 Å². The van der Waals surface area contributed by atoms with Gasteiger partial charge in [0.05, 0.1) is 31.4 Å². The number of hydrogen-bond donors (Lipinski definition) is 1. The highest BCUT2D eigenvalue weighted by molar-refractivity contribution is 6.46. The van der Waals surface area contributed by atoms with Crippen LogP contribution in [0.5, 0.6) is 11.5 Å². The Morgan fingerprint density at radius 1 is 1.11 bits per heavy atom. The first-order valence-electron chi connectivity index (χ1n) is 13.1. The van der Waals surface area contributed by atoms with Crippen LogP contribution >= 0.6 is 0 Å². The first kappa shape index (κ1) is 27.4. The molecule has 0 spiro atoms. The van der Waals surface area contributed by atoms with Crippen LogP contribution in [-0.4, -0.2) is 79.2 Å². The van der Waals surface area contributed by atoms with E-state index in [0.29, 0.717) is 50.8 Å². The third-order valence-corrected chi connectivity index (χ3v) is 6.77. The van der Waals surface area contributed by atoms with Crippen LogP contribution in [0.25, 0.3) is 5.76 Å². The molecule has 0 radical (unpaired) electrons. The maximum absolute atomic E-state index is 13.4. The maximum atomic E-state index is 13.4. The summed E-state index contributed by atoms with van der Waals surface area (Å²) in [5.41, 5.74) is 2.11. The summed E-state index contributed by atoms with van der Waals surface area (Å²) >= 11 is 0. The molecule has 0 bridgehead atoms. The van der Waals surface area contributed by atoms with Crippen molar-refractivity contribution in [1.82, 2.24) is 9.80 Å². The highest BCUT2D eigenvalue weighted by Gasteiger charge is 2.46. The zero-order valence-electron chi connectivity index (χ0n) is 22.2. The highest BCUT2D eigenvalue weighted by Crippen LogP contribution is 2.40. The molecular weight excluding hydrogens is 484 g/mol. The lowest BCUT2D eigenvalue weighted by molar-refractivity contribution is -0.140. The number of aliphatic hydroxyl groups excluding tert-OH is 1. The minimum Gasteiger partial charge on any atom is -0.507 e. The van der Waals surface area contributed by atoms with Crippen molar-refractivity contribution in [2.24, 2.45) is 0 Å². The SMILES string of the molecule is C=CCOc1ccc(C2/C(=C(\O)c3ccc(OCCC)c(C)c3)C(=O)C(=O)N2CCN2CCOCC2)cc1. The van der Waals surface area contributed by atoms with Gasteiger partial charge in [-0.05, 0) is 54.8 Å². The highest BCUT2D eigenvalue weighted by atomic mass is 16.5. The van der Waals surface area contributed by atoms with E-state index in [1.54, 1.807) is 41.3 Å². The number of nitrogens with zero attached hydrogens (tertiary/aromatic N) is 2. The van der Waals surface area contributed by atoms with Gasteiger partial charge in [-0.25, -0.2) is 0 Å². The Labute approximate surface area is 224 Å². The van der Waals surface area contributed by atoms with Crippen LogP contribution in [-0.2, 0) is 14.3 Å². The van der Waals surface area contributed by atoms with Gasteiger partial charge >= 0.3 is 0 Å². The number of Topliss-reactive ketones (excluding diaryl/α,β-unsaturated/α-hetero) is 1. The van der Waals surface area contributed by atoms with Crippen molar-refractivity contribution in [3.05, 3.63) is 77.4 Å². The molecule has 1 atom stereocenters. The number of benzene rings is 2. The van der Waals surface area contributed by atoms with Crippen molar-refractivity contribution >= 4 is 17.4 Å². The molecule has 2 aliphatic rings. The average Bonchev–Trinajstić information content (AvgIpc) is 3.19. The van der Waals surface area contributed by atoms with Crippen molar-refractivity contribution in [2.75, 3.05) is 52.6 Å². The molecular formula is C30H36N2O6. The van der Waals surface area contributed by atoms with E-state index >= 15 is 0 Å². The van der Waals surface area contributed by atoms with E-state index in [4.69, 9.17) is 14.2 Å². The van der Waals surface area contributed by atoms with Crippen molar-refractivity contribution in [2.45, 2.75) is 26.3 Å². The summed E-state index contributed by atoms with van der Waals surface area (Å²) in [5, 5.41) is 11.4. The number of aryl methyl sites for hydroxylation is 1. The topological polar surface area (TPSA) is 88.5 Å². The Morgan fingerprint density at radius 3 is 2.50 bits per heavy atom. The molecule has 202 valence electrons. The second kappa shape index (κ2) is 12.8. The van der Waals surface area contributed by atoms with Crippen molar-refractivity contribution in [1.29, 1.82) is 0 Å². The lowest BCUT2D eigenvalue weighted by Gasteiger charge is -2.31. The first-order chi connectivity index (χ1) is 18.4. The van der Waals surface area contributed by atoms with Gasteiger partial charge in [-0.2, -0.15) is 0 Å². The van der Waals surface area contributed by atoms with E-state index in [9.17, 15) is 14.7 Å². The Kier molecular flexibility index (Phi) is 9.20. The number of carbonyl (C=O) groups excluding carboxylic acids is 2. The molecule has 0 aromatic heterocycles. The number of likely N-dealkylation sites (tertiary alicyclic amines) is 1. The third kappa shape index (κ3) is 6.09. The van der Waals surface area contributed by atoms with E-state index in [1.807, 2.05) is 26.0 Å². The second-order valence-corrected chi connectivity index (χ2v) is 9.44. The Hall–Kier alpha value is -3.62. The number of carbonyl (C=O) groups is 2. The number of ether oxygens (including phenoxy) is 3. The van der Waals surface area contributed by atoms with Crippen LogP contribution in [0.4, 0.5) is 0 Å². The van der Waals surface area contributed by atoms with E-state index in [0.717, 1.165) is 36.4 Å². The van der Waals surface area contributed by atoms with E-state index < -0.39 is 17.7 Å². The average molecular weight is 521 g/mol. The summed E-state index contributed by atoms with van der Waals surface area (Å²) in [7, 11) is 0. The molecule has 2 aromatic carbocycles. The van der Waals surface area contributed by atoms with Gasteiger partial charge in [0, 0.05) is 31.7 Å². The molecule has 1 unspecified atom stereocenters. The summed E-state index contributed by atoms with van der Waals surface area (Å²) < 4.78 is 16.8. The minimum absolute atomic E-state index is 0.0818. The number of morpholine rings is 1. The van der Waals surface area contributed by atoms with Crippen LogP contribution < -0.4 is 9.47 Å². The first-order valence-corrected chi connectivity index (χ1v) is 13.1. The smallest absolute Gasteiger partial charge is 0.295 e. The molecule has 8 heteroatoms. The van der Waals surface area contributed by atoms with Gasteiger partial charge in [0.15, 0.2) is 0 Å². The van der Waals surface area contributed by atoms with Crippen molar-refractivity contribution in [3.8, 4) is 11.5 Å². The standard InChI is InChI=1S/C30H36N2O6/c1-4-16-37-24-9-6-22(7-10-24)27-26(28(33)23-8-11-25(21(3)20-23)38-17-5-2)29(34)30(35)32(27)13-12-31-14-18-36-19-15-31/h4,6-11,20,27,33H,1,5,12-19H2,2-3H3/b28-26+. The summed E-state index contributed by atoms with van der Waals surface area (Å²) in [6, 6.07) is 11.8. The zero-order chi connectivity index (χ0) is 27.1. The van der Waals surface area contributed by atoms with Crippen molar-refractivity contribution in [3.63, 3.8) is 0 Å². The van der Waals surface area contributed by atoms with Gasteiger partial charge in [-0.1, -0.05) is 31.7 Å². The lowest BCUT2D eigenvalue weighted by Crippen LogP contribution is -2.42. The van der Waals surface area contributed by atoms with Gasteiger partial charge in [-0.3, -0.25) is 14.5 Å². The van der Waals surface area contributed by atoms with Gasteiger partial charge in [0.2, 0.25) is 0 Å². The monoisotopic (exact) mass is 520 g/mol. The fraction of sp³-hybridized carbons (Fsp3) is 0.400. The molecule has 0 aliphatic carbocycles. The Morgan fingerprint density at radius 2 is 1.84 bits per heavy atom. The zero-order valence-corrected chi connectivity index (χ0v) is 22.2. The second-order valence-electron chi connectivity index (χ2n) is 9.44. The van der Waals surface area contributed by atoms with Gasteiger partial charge in [0.1, 0.15) is 23.9 Å². The molecule has 2 saturated heterocycles. The molecule has 4 rings (SSSR count). The Bertz CT molecular complexity index is 1180. The predicted octanol–water partition coefficient (Wildman–Crippen LogP) is 4.10. The summed E-state index contributed by atoms with van der Waals surface area (Å²) in [4.78, 5) is 30.4. The van der Waals surface area contributed by atoms with Crippen LogP contribution in [0.3, 0.4) is 0 Å². The van der Waals surface area contributed by atoms with Crippen LogP contribution in [0.15, 0.2) is 60.7 Å². The molecule has 38 heavy (non-hydrogen) atoms. The minimum atomic E-state index is -0.721. The van der Waals surface area contributed by atoms with E-state index in [2.05, 4.69) is 11.5 Å². The molecule has 2 aromatic rings. The van der Waals surface area contributed by atoms with E-state index in [1.165, 1.54) is 0 Å². The molecule has 0 saturated carbocycles. The van der Waals surface area contributed by atoms with Crippen LogP contribution in [0.1, 0.15) is 36.1 Å².